The van der Waals surface area contributed by atoms with Crippen LogP contribution in [0.1, 0.15) is 30.1 Å². The van der Waals surface area contributed by atoms with E-state index in [-0.39, 0.29) is 11.9 Å². The Bertz CT molecular complexity index is 522. The highest BCUT2D eigenvalue weighted by molar-refractivity contribution is 7.90. The SMILES string of the molecule is CS(=O)(=O)CCCOc1cccc2c1CC[C@@H]2O. The maximum absolute atomic E-state index is 11.0. The van der Waals surface area contributed by atoms with Crippen molar-refractivity contribution in [3.8, 4) is 5.75 Å². The molecule has 0 spiro atoms. The molecule has 0 aromatic heterocycles. The lowest BCUT2D eigenvalue weighted by atomic mass is 10.1. The molecule has 1 aliphatic carbocycles. The van der Waals surface area contributed by atoms with Crippen LogP contribution in [0.3, 0.4) is 0 Å². The number of benzene rings is 1. The predicted octanol–water partition coefficient (Wildman–Crippen LogP) is 1.48. The van der Waals surface area contributed by atoms with E-state index in [4.69, 9.17) is 4.74 Å². The van der Waals surface area contributed by atoms with Gasteiger partial charge in [0.15, 0.2) is 0 Å². The fourth-order valence-corrected chi connectivity index (χ4v) is 2.88. The third-order valence-electron chi connectivity index (χ3n) is 3.11. The van der Waals surface area contributed by atoms with E-state index in [2.05, 4.69) is 0 Å². The summed E-state index contributed by atoms with van der Waals surface area (Å²) >= 11 is 0. The molecule has 0 bridgehead atoms. The summed E-state index contributed by atoms with van der Waals surface area (Å²) in [6, 6.07) is 5.65. The van der Waals surface area contributed by atoms with Crippen LogP contribution in [0.15, 0.2) is 18.2 Å². The molecule has 5 heteroatoms. The maximum atomic E-state index is 11.0. The summed E-state index contributed by atoms with van der Waals surface area (Å²) in [6.07, 6.45) is 2.88. The minimum atomic E-state index is -2.92. The third kappa shape index (κ3) is 3.23. The highest BCUT2D eigenvalue weighted by Gasteiger charge is 2.23. The lowest BCUT2D eigenvalue weighted by Gasteiger charge is -2.11. The Morgan fingerprint density at radius 2 is 2.22 bits per heavy atom. The van der Waals surface area contributed by atoms with Crippen molar-refractivity contribution in [1.82, 2.24) is 0 Å². The summed E-state index contributed by atoms with van der Waals surface area (Å²) in [6.45, 7) is 0.389. The first-order chi connectivity index (χ1) is 8.47. The summed E-state index contributed by atoms with van der Waals surface area (Å²) in [4.78, 5) is 0. The van der Waals surface area contributed by atoms with Gasteiger partial charge in [-0.1, -0.05) is 12.1 Å². The van der Waals surface area contributed by atoms with Gasteiger partial charge in [0, 0.05) is 11.8 Å². The van der Waals surface area contributed by atoms with E-state index >= 15 is 0 Å². The van der Waals surface area contributed by atoms with Gasteiger partial charge in [0.05, 0.1) is 18.5 Å². The van der Waals surface area contributed by atoms with Gasteiger partial charge in [-0.2, -0.15) is 0 Å². The zero-order chi connectivity index (χ0) is 13.2. The number of ether oxygens (including phenoxy) is 1. The zero-order valence-electron chi connectivity index (χ0n) is 10.4. The third-order valence-corrected chi connectivity index (χ3v) is 4.14. The lowest BCUT2D eigenvalue weighted by molar-refractivity contribution is 0.180. The Balaban J connectivity index is 1.95. The van der Waals surface area contributed by atoms with Gasteiger partial charge in [-0.05, 0) is 30.9 Å². The van der Waals surface area contributed by atoms with Crippen LogP contribution in [0.5, 0.6) is 5.75 Å². The van der Waals surface area contributed by atoms with Gasteiger partial charge in [-0.3, -0.25) is 0 Å². The smallest absolute Gasteiger partial charge is 0.147 e. The number of fused-ring (bicyclic) bond motifs is 1. The van der Waals surface area contributed by atoms with Crippen molar-refractivity contribution in [3.63, 3.8) is 0 Å². The van der Waals surface area contributed by atoms with Crippen molar-refractivity contribution < 1.29 is 18.3 Å². The summed E-state index contributed by atoms with van der Waals surface area (Å²) in [5.74, 6) is 0.919. The van der Waals surface area contributed by atoms with Crippen LogP contribution < -0.4 is 4.74 Å². The van der Waals surface area contributed by atoms with E-state index in [9.17, 15) is 13.5 Å². The average Bonchev–Trinajstić information content (AvgIpc) is 2.67. The molecular weight excluding hydrogens is 252 g/mol. The fraction of sp³-hybridized carbons (Fsp3) is 0.538. The number of aliphatic hydroxyl groups excluding tert-OH is 1. The fourth-order valence-electron chi connectivity index (χ4n) is 2.24. The normalized spacial score (nSPS) is 18.7. The second-order valence-electron chi connectivity index (χ2n) is 4.71. The Kier molecular flexibility index (Phi) is 3.92. The van der Waals surface area contributed by atoms with Gasteiger partial charge in [-0.25, -0.2) is 8.42 Å². The molecule has 0 heterocycles. The van der Waals surface area contributed by atoms with E-state index in [0.29, 0.717) is 13.0 Å². The van der Waals surface area contributed by atoms with Gasteiger partial charge >= 0.3 is 0 Å². The summed E-state index contributed by atoms with van der Waals surface area (Å²) in [5.41, 5.74) is 2.00. The minimum Gasteiger partial charge on any atom is -0.493 e. The van der Waals surface area contributed by atoms with E-state index in [1.165, 1.54) is 6.26 Å². The Hall–Kier alpha value is -1.07. The largest absolute Gasteiger partial charge is 0.493 e. The van der Waals surface area contributed by atoms with Crippen molar-refractivity contribution in [2.24, 2.45) is 0 Å². The molecule has 2 rings (SSSR count). The second-order valence-corrected chi connectivity index (χ2v) is 6.97. The van der Waals surface area contributed by atoms with Gasteiger partial charge in [0.1, 0.15) is 15.6 Å². The van der Waals surface area contributed by atoms with Gasteiger partial charge < -0.3 is 9.84 Å². The molecule has 1 atom stereocenters. The van der Waals surface area contributed by atoms with Crippen LogP contribution in [0, 0.1) is 0 Å². The zero-order valence-corrected chi connectivity index (χ0v) is 11.2. The molecule has 1 aromatic carbocycles. The van der Waals surface area contributed by atoms with Crippen LogP contribution in [-0.2, 0) is 16.3 Å². The standard InChI is InChI=1S/C13H18O4S/c1-18(15,16)9-3-8-17-13-5-2-4-10-11(13)6-7-12(10)14/h2,4-5,12,14H,3,6-9H2,1H3/t12-/m0/s1. The van der Waals surface area contributed by atoms with E-state index in [1.807, 2.05) is 18.2 Å². The van der Waals surface area contributed by atoms with Gasteiger partial charge in [0.25, 0.3) is 0 Å². The minimum absolute atomic E-state index is 0.144. The summed E-state index contributed by atoms with van der Waals surface area (Å²) in [5, 5.41) is 9.75. The first-order valence-electron chi connectivity index (χ1n) is 6.08. The number of aliphatic hydroxyl groups is 1. The molecule has 100 valence electrons. The van der Waals surface area contributed by atoms with Crippen LogP contribution in [0.2, 0.25) is 0 Å². The van der Waals surface area contributed by atoms with Crippen molar-refractivity contribution in [2.75, 3.05) is 18.6 Å². The highest BCUT2D eigenvalue weighted by Crippen LogP contribution is 2.36. The van der Waals surface area contributed by atoms with E-state index in [0.717, 1.165) is 29.7 Å². The highest BCUT2D eigenvalue weighted by atomic mass is 32.2. The summed E-state index contributed by atoms with van der Waals surface area (Å²) in [7, 11) is -2.92. The molecule has 18 heavy (non-hydrogen) atoms. The molecule has 0 radical (unpaired) electrons. The number of rotatable bonds is 5. The molecule has 1 aliphatic rings. The van der Waals surface area contributed by atoms with E-state index in [1.54, 1.807) is 0 Å². The first kappa shape index (κ1) is 13.4. The molecular formula is C13H18O4S. The number of hydrogen-bond donors (Lipinski definition) is 1. The molecule has 0 fully saturated rings. The van der Waals surface area contributed by atoms with E-state index < -0.39 is 9.84 Å². The van der Waals surface area contributed by atoms with Crippen LogP contribution in [-0.4, -0.2) is 32.1 Å². The van der Waals surface area contributed by atoms with Crippen molar-refractivity contribution >= 4 is 9.84 Å². The Morgan fingerprint density at radius 1 is 1.44 bits per heavy atom. The number of sulfone groups is 1. The Morgan fingerprint density at radius 3 is 2.94 bits per heavy atom. The topological polar surface area (TPSA) is 63.6 Å². The predicted molar refractivity (Wildman–Crippen MR) is 69.5 cm³/mol. The van der Waals surface area contributed by atoms with Crippen molar-refractivity contribution in [1.29, 1.82) is 0 Å². The van der Waals surface area contributed by atoms with Crippen molar-refractivity contribution in [2.45, 2.75) is 25.4 Å². The first-order valence-corrected chi connectivity index (χ1v) is 8.14. The van der Waals surface area contributed by atoms with Crippen molar-refractivity contribution in [3.05, 3.63) is 29.3 Å². The molecule has 4 nitrogen and oxygen atoms in total. The monoisotopic (exact) mass is 270 g/mol. The van der Waals surface area contributed by atoms with Crippen LogP contribution >= 0.6 is 0 Å². The number of hydrogen-bond acceptors (Lipinski definition) is 4. The molecule has 0 saturated carbocycles. The summed E-state index contributed by atoms with van der Waals surface area (Å²) < 4.78 is 27.6. The van der Waals surface area contributed by atoms with Crippen LogP contribution in [0.25, 0.3) is 0 Å². The lowest BCUT2D eigenvalue weighted by Crippen LogP contribution is -2.08. The molecule has 0 saturated heterocycles. The van der Waals surface area contributed by atoms with Crippen LogP contribution in [0.4, 0.5) is 0 Å². The quantitative estimate of drug-likeness (QED) is 0.823. The molecule has 0 aliphatic heterocycles. The average molecular weight is 270 g/mol. The molecule has 0 amide bonds. The van der Waals surface area contributed by atoms with Gasteiger partial charge in [0.2, 0.25) is 0 Å². The molecule has 0 unspecified atom stereocenters. The maximum Gasteiger partial charge on any atom is 0.147 e. The Labute approximate surface area is 108 Å². The molecule has 1 N–H and O–H groups in total. The van der Waals surface area contributed by atoms with Gasteiger partial charge in [-0.15, -0.1) is 0 Å². The molecule has 1 aromatic rings. The second kappa shape index (κ2) is 5.28.